The van der Waals surface area contributed by atoms with Crippen LogP contribution in [0.5, 0.6) is 11.5 Å². The van der Waals surface area contributed by atoms with Crippen molar-refractivity contribution in [2.24, 2.45) is 6.43 Å². The maximum atomic E-state index is 5.21. The summed E-state index contributed by atoms with van der Waals surface area (Å²) in [6, 6.07) is 15.8. The Labute approximate surface area is 163 Å². The molecular weight excluding hydrogens is 459 g/mol. The second kappa shape index (κ2) is 9.80. The standard InChI is InChI=1S/2C8H9O.2CNS.Sn/c2*1-7-3-5-8(9-2)6-4-7;2*2-1-3;/h2*3-6H,1H2,2H3;;;/q;;2*-1;+2. The van der Waals surface area contributed by atoms with Crippen LogP contribution in [-0.2, 0) is 8.87 Å². The number of thiocarbonyl (C=S) groups is 2. The van der Waals surface area contributed by atoms with Crippen molar-refractivity contribution in [1.82, 2.24) is 0 Å². The third-order valence-electron chi connectivity index (χ3n) is 3.80. The van der Waals surface area contributed by atoms with Crippen LogP contribution in [0.25, 0.3) is 0 Å². The molecule has 0 aromatic heterocycles. The molecule has 25 heavy (non-hydrogen) atoms. The summed E-state index contributed by atoms with van der Waals surface area (Å²) in [5.74, 6) is 1.63. The Bertz CT molecular complexity index is 727. The van der Waals surface area contributed by atoms with Crippen LogP contribution in [0.3, 0.4) is 0 Å². The van der Waals surface area contributed by atoms with Crippen LogP contribution in [0.1, 0.15) is 11.1 Å². The van der Waals surface area contributed by atoms with Crippen molar-refractivity contribution < 1.29 is 9.47 Å². The third-order valence-corrected chi connectivity index (χ3v) is 13.5. The van der Waals surface area contributed by atoms with E-state index in [0.29, 0.717) is 0 Å². The zero-order valence-corrected chi connectivity index (χ0v) is 18.5. The number of hydrogen-bond donors (Lipinski definition) is 0. The molecule has 0 spiro atoms. The molecule has 0 saturated carbocycles. The number of benzene rings is 2. The van der Waals surface area contributed by atoms with Crippen molar-refractivity contribution in [3.05, 3.63) is 59.7 Å². The van der Waals surface area contributed by atoms with E-state index < -0.39 is 18.9 Å². The van der Waals surface area contributed by atoms with Gasteiger partial charge in [-0.15, -0.1) is 0 Å². The monoisotopic (exact) mass is 478 g/mol. The first-order chi connectivity index (χ1) is 12.1. The summed E-state index contributed by atoms with van der Waals surface area (Å²) in [6.45, 7) is 0. The topological polar surface area (TPSA) is 43.2 Å². The van der Waals surface area contributed by atoms with Gasteiger partial charge in [-0.1, -0.05) is 0 Å². The molecule has 0 amide bonds. The van der Waals surface area contributed by atoms with Gasteiger partial charge in [0.15, 0.2) is 0 Å². The minimum atomic E-state index is -3.48. The van der Waals surface area contributed by atoms with Crippen LogP contribution in [0.15, 0.2) is 55.0 Å². The number of hydrogen-bond acceptors (Lipinski definition) is 6. The van der Waals surface area contributed by atoms with E-state index in [0.717, 1.165) is 31.5 Å². The van der Waals surface area contributed by atoms with Crippen molar-refractivity contribution in [2.45, 2.75) is 8.87 Å². The van der Waals surface area contributed by atoms with Crippen LogP contribution >= 0.6 is 24.4 Å². The van der Waals surface area contributed by atoms with Gasteiger partial charge >= 0.3 is 164 Å². The Morgan fingerprint density at radius 3 is 1.40 bits per heavy atom. The average Bonchev–Trinajstić information content (AvgIpc) is 2.63. The van der Waals surface area contributed by atoms with Crippen LogP contribution in [0.2, 0.25) is 0 Å². The van der Waals surface area contributed by atoms with E-state index in [2.05, 4.69) is 16.8 Å². The predicted molar refractivity (Wildman–Crippen MR) is 109 cm³/mol. The van der Waals surface area contributed by atoms with E-state index in [1.165, 1.54) is 0 Å². The van der Waals surface area contributed by atoms with E-state index in [4.69, 9.17) is 33.9 Å². The van der Waals surface area contributed by atoms with Gasteiger partial charge in [-0.05, 0) is 0 Å². The molecule has 2 aromatic rings. The molecule has 2 aromatic carbocycles. The number of isothiocyanates is 2. The van der Waals surface area contributed by atoms with Gasteiger partial charge in [-0.3, -0.25) is 0 Å². The molecule has 0 saturated heterocycles. The van der Waals surface area contributed by atoms with Gasteiger partial charge in [0.25, 0.3) is 0 Å². The van der Waals surface area contributed by atoms with E-state index in [1.807, 2.05) is 48.5 Å². The van der Waals surface area contributed by atoms with E-state index in [-0.39, 0.29) is 0 Å². The summed E-state index contributed by atoms with van der Waals surface area (Å²) < 4.78 is 21.0. The molecule has 0 bridgehead atoms. The summed E-state index contributed by atoms with van der Waals surface area (Å²) in [5.41, 5.74) is 2.27. The second-order valence-corrected chi connectivity index (χ2v) is 14.7. The molecule has 0 heterocycles. The van der Waals surface area contributed by atoms with Gasteiger partial charge in [-0.2, -0.15) is 0 Å². The molecule has 0 aliphatic rings. The molecule has 4 nitrogen and oxygen atoms in total. The molecule has 0 aliphatic heterocycles. The molecule has 0 atom stereocenters. The quantitative estimate of drug-likeness (QED) is 0.325. The van der Waals surface area contributed by atoms with Gasteiger partial charge in [0.2, 0.25) is 0 Å². The molecule has 7 heteroatoms. The second-order valence-electron chi connectivity index (χ2n) is 5.44. The number of methoxy groups -OCH3 is 2. The zero-order chi connectivity index (χ0) is 18.1. The number of ether oxygens (including phenoxy) is 2. The summed E-state index contributed by atoms with van der Waals surface area (Å²) in [5, 5.41) is 5.10. The first-order valence-electron chi connectivity index (χ1n) is 7.58. The van der Waals surface area contributed by atoms with Crippen LogP contribution in [-0.4, -0.2) is 43.5 Å². The Hall–Kier alpha value is -1.56. The fourth-order valence-corrected chi connectivity index (χ4v) is 12.3. The van der Waals surface area contributed by atoms with Crippen LogP contribution < -0.4 is 9.47 Å². The van der Waals surface area contributed by atoms with E-state index in [9.17, 15) is 0 Å². The summed E-state index contributed by atoms with van der Waals surface area (Å²) >= 11 is 6.32. The zero-order valence-electron chi connectivity index (χ0n) is 14.1. The SMILES string of the molecule is COc1ccc([CH2][Sn]([CH2]c2ccc(OC)cc2)([N]=C=S)[N]=C=S)cc1. The first-order valence-corrected chi connectivity index (χ1v) is 15.0. The fraction of sp³-hybridized carbons (Fsp3) is 0.222. The van der Waals surface area contributed by atoms with Crippen LogP contribution in [0, 0.1) is 0 Å². The Kier molecular flexibility index (Phi) is 7.75. The molecule has 128 valence electrons. The van der Waals surface area contributed by atoms with E-state index >= 15 is 0 Å². The van der Waals surface area contributed by atoms with Gasteiger partial charge in [0, 0.05) is 0 Å². The molecule has 0 radical (unpaired) electrons. The van der Waals surface area contributed by atoms with Crippen molar-refractivity contribution in [1.29, 1.82) is 0 Å². The third kappa shape index (κ3) is 5.73. The summed E-state index contributed by atoms with van der Waals surface area (Å²) in [4.78, 5) is 0. The Balaban J connectivity index is 2.33. The van der Waals surface area contributed by atoms with Crippen molar-refractivity contribution in [2.75, 3.05) is 14.2 Å². The number of rotatable bonds is 8. The minimum absolute atomic E-state index is 0.734. The molecule has 0 aliphatic carbocycles. The van der Waals surface area contributed by atoms with Crippen molar-refractivity contribution >= 4 is 53.7 Å². The van der Waals surface area contributed by atoms with Crippen molar-refractivity contribution in [3.8, 4) is 11.5 Å². The molecule has 0 unspecified atom stereocenters. The first kappa shape index (κ1) is 19.8. The Morgan fingerprint density at radius 2 is 1.12 bits per heavy atom. The Morgan fingerprint density at radius 1 is 0.760 bits per heavy atom. The van der Waals surface area contributed by atoms with Crippen molar-refractivity contribution in [3.63, 3.8) is 0 Å². The normalized spacial score (nSPS) is 10.3. The number of nitrogens with zero attached hydrogens (tertiary/aromatic N) is 2. The summed E-state index contributed by atoms with van der Waals surface area (Å²) in [6.07, 6.45) is 0. The molecule has 2 rings (SSSR count). The maximum absolute atomic E-state index is 5.21. The van der Waals surface area contributed by atoms with E-state index in [1.54, 1.807) is 14.2 Å². The van der Waals surface area contributed by atoms with Gasteiger partial charge < -0.3 is 0 Å². The van der Waals surface area contributed by atoms with Gasteiger partial charge in [-0.25, -0.2) is 0 Å². The van der Waals surface area contributed by atoms with Gasteiger partial charge in [0.1, 0.15) is 0 Å². The predicted octanol–water partition coefficient (Wildman–Crippen LogP) is 4.22. The average molecular weight is 477 g/mol. The van der Waals surface area contributed by atoms with Gasteiger partial charge in [0.05, 0.1) is 0 Å². The van der Waals surface area contributed by atoms with Crippen LogP contribution in [0.4, 0.5) is 0 Å². The summed E-state index contributed by atoms with van der Waals surface area (Å²) in [7, 11) is 3.30. The molecular formula is C18H18N2O2S2Sn. The molecule has 0 fully saturated rings. The fourth-order valence-electron chi connectivity index (χ4n) is 2.56. The molecule has 0 N–H and O–H groups in total.